The lowest BCUT2D eigenvalue weighted by Gasteiger charge is -2.35. The van der Waals surface area contributed by atoms with E-state index in [0.29, 0.717) is 30.9 Å². The Morgan fingerprint density at radius 3 is 2.55 bits per heavy atom. The van der Waals surface area contributed by atoms with E-state index in [-0.39, 0.29) is 23.1 Å². The standard InChI is InChI=1S/C25H34N4O2/c1-25(2,17-26)18-29(24(31)19-9-4-3-5-10-19)16-21-11-6-7-13-22(21)28-23(30)20-12-8-14-27-15-20/h6-8,11-15,19H,3-5,9-10,16-18,26H2,1-2H3,(H,28,30). The van der Waals surface area contributed by atoms with Crippen molar-refractivity contribution in [1.82, 2.24) is 9.88 Å². The molecule has 1 fully saturated rings. The fourth-order valence-corrected chi connectivity index (χ4v) is 4.08. The van der Waals surface area contributed by atoms with Gasteiger partial charge in [-0.05, 0) is 48.6 Å². The van der Waals surface area contributed by atoms with Crippen molar-refractivity contribution in [3.05, 3.63) is 59.9 Å². The molecule has 0 spiro atoms. The zero-order valence-corrected chi connectivity index (χ0v) is 18.6. The van der Waals surface area contributed by atoms with Crippen molar-refractivity contribution in [2.45, 2.75) is 52.5 Å². The number of nitrogens with two attached hydrogens (primary N) is 1. The van der Waals surface area contributed by atoms with Gasteiger partial charge < -0.3 is 16.0 Å². The van der Waals surface area contributed by atoms with Crippen LogP contribution < -0.4 is 11.1 Å². The van der Waals surface area contributed by atoms with Crippen LogP contribution in [0.4, 0.5) is 5.69 Å². The Labute approximate surface area is 185 Å². The summed E-state index contributed by atoms with van der Waals surface area (Å²) in [6, 6.07) is 11.1. The van der Waals surface area contributed by atoms with Gasteiger partial charge in [0.05, 0.1) is 5.56 Å². The predicted octanol–water partition coefficient (Wildman–Crippen LogP) is 4.23. The maximum atomic E-state index is 13.4. The van der Waals surface area contributed by atoms with E-state index in [1.54, 1.807) is 24.5 Å². The van der Waals surface area contributed by atoms with Crippen LogP contribution in [-0.4, -0.2) is 34.8 Å². The second-order valence-corrected chi connectivity index (χ2v) is 9.25. The molecular formula is C25H34N4O2. The summed E-state index contributed by atoms with van der Waals surface area (Å²) >= 11 is 0. The zero-order valence-electron chi connectivity index (χ0n) is 18.6. The van der Waals surface area contributed by atoms with Gasteiger partial charge in [0.2, 0.25) is 5.91 Å². The number of carbonyl (C=O) groups is 2. The number of hydrogen-bond donors (Lipinski definition) is 2. The van der Waals surface area contributed by atoms with Gasteiger partial charge in [0.15, 0.2) is 0 Å². The molecule has 3 N–H and O–H groups in total. The van der Waals surface area contributed by atoms with Crippen LogP contribution in [0, 0.1) is 11.3 Å². The van der Waals surface area contributed by atoms with E-state index in [9.17, 15) is 9.59 Å². The number of aromatic nitrogens is 1. The van der Waals surface area contributed by atoms with Gasteiger partial charge in [-0.25, -0.2) is 0 Å². The number of carbonyl (C=O) groups excluding carboxylic acids is 2. The second kappa shape index (κ2) is 10.5. The third-order valence-corrected chi connectivity index (χ3v) is 5.99. The molecule has 0 saturated heterocycles. The highest BCUT2D eigenvalue weighted by molar-refractivity contribution is 6.04. The number of benzene rings is 1. The Morgan fingerprint density at radius 1 is 1.13 bits per heavy atom. The molecule has 2 aromatic rings. The van der Waals surface area contributed by atoms with Crippen LogP contribution in [0.25, 0.3) is 0 Å². The Bertz CT molecular complexity index is 876. The van der Waals surface area contributed by atoms with E-state index >= 15 is 0 Å². The molecule has 3 rings (SSSR count). The van der Waals surface area contributed by atoms with Crippen LogP contribution in [0.2, 0.25) is 0 Å². The van der Waals surface area contributed by atoms with E-state index in [4.69, 9.17) is 5.73 Å². The molecule has 6 nitrogen and oxygen atoms in total. The van der Waals surface area contributed by atoms with Crippen molar-refractivity contribution >= 4 is 17.5 Å². The molecular weight excluding hydrogens is 388 g/mol. The Balaban J connectivity index is 1.81. The molecule has 6 heteroatoms. The Morgan fingerprint density at radius 2 is 1.87 bits per heavy atom. The van der Waals surface area contributed by atoms with Gasteiger partial charge >= 0.3 is 0 Å². The van der Waals surface area contributed by atoms with Gasteiger partial charge in [0.25, 0.3) is 5.91 Å². The van der Waals surface area contributed by atoms with Crippen LogP contribution in [0.5, 0.6) is 0 Å². The summed E-state index contributed by atoms with van der Waals surface area (Å²) in [7, 11) is 0. The van der Waals surface area contributed by atoms with Crippen LogP contribution >= 0.6 is 0 Å². The first-order valence-electron chi connectivity index (χ1n) is 11.2. The van der Waals surface area contributed by atoms with Gasteiger partial charge in [0, 0.05) is 37.1 Å². The molecule has 2 amide bonds. The van der Waals surface area contributed by atoms with E-state index in [0.717, 1.165) is 31.2 Å². The average molecular weight is 423 g/mol. The van der Waals surface area contributed by atoms with Crippen molar-refractivity contribution < 1.29 is 9.59 Å². The van der Waals surface area contributed by atoms with E-state index in [1.165, 1.54) is 6.42 Å². The van der Waals surface area contributed by atoms with Gasteiger partial charge in [0.1, 0.15) is 0 Å². The molecule has 1 aliphatic carbocycles. The van der Waals surface area contributed by atoms with Crippen LogP contribution in [0.15, 0.2) is 48.8 Å². The largest absolute Gasteiger partial charge is 0.337 e. The third kappa shape index (κ3) is 6.37. The molecule has 0 atom stereocenters. The van der Waals surface area contributed by atoms with Crippen molar-refractivity contribution in [2.24, 2.45) is 17.1 Å². The second-order valence-electron chi connectivity index (χ2n) is 9.25. The molecule has 1 aromatic heterocycles. The van der Waals surface area contributed by atoms with Gasteiger partial charge in [-0.3, -0.25) is 14.6 Å². The van der Waals surface area contributed by atoms with Gasteiger partial charge in [-0.2, -0.15) is 0 Å². The number of para-hydroxylation sites is 1. The normalized spacial score (nSPS) is 14.8. The number of hydrogen-bond acceptors (Lipinski definition) is 4. The summed E-state index contributed by atoms with van der Waals surface area (Å²) in [6.45, 7) is 5.71. The number of pyridine rings is 1. The predicted molar refractivity (Wildman–Crippen MR) is 123 cm³/mol. The molecule has 0 aliphatic heterocycles. The smallest absolute Gasteiger partial charge is 0.257 e. The molecule has 0 unspecified atom stereocenters. The van der Waals surface area contributed by atoms with Crippen molar-refractivity contribution in [3.8, 4) is 0 Å². The van der Waals surface area contributed by atoms with E-state index < -0.39 is 0 Å². The zero-order chi connectivity index (χ0) is 22.3. The minimum atomic E-state index is -0.215. The first-order valence-corrected chi connectivity index (χ1v) is 11.2. The van der Waals surface area contributed by atoms with Crippen molar-refractivity contribution in [3.63, 3.8) is 0 Å². The van der Waals surface area contributed by atoms with Crippen LogP contribution in [0.3, 0.4) is 0 Å². The van der Waals surface area contributed by atoms with Crippen molar-refractivity contribution in [2.75, 3.05) is 18.4 Å². The molecule has 1 heterocycles. The summed E-state index contributed by atoms with van der Waals surface area (Å²) in [5, 5.41) is 2.99. The lowest BCUT2D eigenvalue weighted by atomic mass is 9.86. The van der Waals surface area contributed by atoms with Crippen LogP contribution in [0.1, 0.15) is 61.9 Å². The minimum absolute atomic E-state index is 0.0828. The fourth-order valence-electron chi connectivity index (χ4n) is 4.08. The number of nitrogens with zero attached hydrogens (tertiary/aromatic N) is 2. The van der Waals surface area contributed by atoms with E-state index in [1.807, 2.05) is 29.2 Å². The molecule has 0 bridgehead atoms. The summed E-state index contributed by atoms with van der Waals surface area (Å²) < 4.78 is 0. The van der Waals surface area contributed by atoms with Gasteiger partial charge in [-0.1, -0.05) is 51.3 Å². The molecule has 31 heavy (non-hydrogen) atoms. The Kier molecular flexibility index (Phi) is 7.80. The lowest BCUT2D eigenvalue weighted by molar-refractivity contribution is -0.138. The lowest BCUT2D eigenvalue weighted by Crippen LogP contribution is -2.44. The van der Waals surface area contributed by atoms with Crippen LogP contribution in [-0.2, 0) is 11.3 Å². The Hall–Kier alpha value is -2.73. The molecule has 1 aliphatic rings. The quantitative estimate of drug-likeness (QED) is 0.666. The summed E-state index contributed by atoms with van der Waals surface area (Å²) in [5.41, 5.74) is 7.93. The first-order chi connectivity index (χ1) is 14.9. The maximum Gasteiger partial charge on any atom is 0.257 e. The summed E-state index contributed by atoms with van der Waals surface area (Å²) in [5.74, 6) is 0.0714. The highest BCUT2D eigenvalue weighted by Crippen LogP contribution is 2.29. The first kappa shape index (κ1) is 22.9. The molecule has 1 aromatic carbocycles. The highest BCUT2D eigenvalue weighted by atomic mass is 16.2. The molecule has 166 valence electrons. The molecule has 1 saturated carbocycles. The topological polar surface area (TPSA) is 88.3 Å². The number of rotatable bonds is 8. The van der Waals surface area contributed by atoms with E-state index in [2.05, 4.69) is 24.1 Å². The monoisotopic (exact) mass is 422 g/mol. The number of anilines is 1. The minimum Gasteiger partial charge on any atom is -0.337 e. The highest BCUT2D eigenvalue weighted by Gasteiger charge is 2.30. The maximum absolute atomic E-state index is 13.4. The van der Waals surface area contributed by atoms with Crippen molar-refractivity contribution in [1.29, 1.82) is 0 Å². The SMILES string of the molecule is CC(C)(CN)CN(Cc1ccccc1NC(=O)c1cccnc1)C(=O)C1CCCCC1. The number of amides is 2. The van der Waals surface area contributed by atoms with Gasteiger partial charge in [-0.15, -0.1) is 0 Å². The third-order valence-electron chi connectivity index (χ3n) is 5.99. The fraction of sp³-hybridized carbons (Fsp3) is 0.480. The number of nitrogens with one attached hydrogen (secondary N) is 1. The molecule has 0 radical (unpaired) electrons. The average Bonchev–Trinajstić information content (AvgIpc) is 2.80. The summed E-state index contributed by atoms with van der Waals surface area (Å²) in [4.78, 5) is 32.1. The summed E-state index contributed by atoms with van der Waals surface area (Å²) in [6.07, 6.45) is 8.53.